The zero-order valence-corrected chi connectivity index (χ0v) is 10.3. The predicted octanol–water partition coefficient (Wildman–Crippen LogP) is -0.231. The van der Waals surface area contributed by atoms with E-state index >= 15 is 0 Å². The van der Waals surface area contributed by atoms with Crippen LogP contribution in [0.4, 0.5) is 0 Å². The lowest BCUT2D eigenvalue weighted by molar-refractivity contribution is 0.228. The van der Waals surface area contributed by atoms with Gasteiger partial charge in [-0.1, -0.05) is 12.1 Å². The van der Waals surface area contributed by atoms with E-state index in [1.807, 2.05) is 13.1 Å². The Hall–Kier alpha value is -0.980. The van der Waals surface area contributed by atoms with Gasteiger partial charge in [0.25, 0.3) is 0 Å². The van der Waals surface area contributed by atoms with Gasteiger partial charge in [0.05, 0.1) is 18.8 Å². The van der Waals surface area contributed by atoms with E-state index in [4.69, 9.17) is 10.2 Å². The maximum absolute atomic E-state index is 8.86. The third-order valence-electron chi connectivity index (χ3n) is 2.58. The first kappa shape index (κ1) is 14.1. The molecule has 0 aromatic carbocycles. The Morgan fingerprint density at radius 2 is 2.29 bits per heavy atom. The molecule has 3 N–H and O–H groups in total. The van der Waals surface area contributed by atoms with E-state index in [0.717, 1.165) is 25.1 Å². The second kappa shape index (κ2) is 8.16. The number of nitrogens with zero attached hydrogens (tertiary/aromatic N) is 3. The molecule has 0 bridgehead atoms. The lowest BCUT2D eigenvalue weighted by Gasteiger charge is -2.07. The molecule has 1 aromatic heterocycles. The molecule has 0 aliphatic rings. The van der Waals surface area contributed by atoms with Crippen LogP contribution in [0.15, 0.2) is 6.20 Å². The van der Waals surface area contributed by atoms with Crippen LogP contribution in [-0.4, -0.2) is 45.0 Å². The first-order valence-corrected chi connectivity index (χ1v) is 6.07. The second-order valence-electron chi connectivity index (χ2n) is 4.30. The lowest BCUT2D eigenvalue weighted by Crippen LogP contribution is -2.16. The van der Waals surface area contributed by atoms with Gasteiger partial charge in [0, 0.05) is 19.3 Å². The molecule has 0 spiro atoms. The molecule has 98 valence electrons. The molecule has 0 fully saturated rings. The van der Waals surface area contributed by atoms with Crippen LogP contribution in [0.3, 0.4) is 0 Å². The molecular formula is C11H22N4O2. The number of hydrogen-bond acceptors (Lipinski definition) is 5. The van der Waals surface area contributed by atoms with Crippen LogP contribution < -0.4 is 5.32 Å². The molecular weight excluding hydrogens is 220 g/mol. The first-order valence-electron chi connectivity index (χ1n) is 6.07. The molecule has 0 aliphatic carbocycles. The Labute approximate surface area is 102 Å². The van der Waals surface area contributed by atoms with Gasteiger partial charge in [-0.25, -0.2) is 4.68 Å². The van der Waals surface area contributed by atoms with Crippen molar-refractivity contribution >= 4 is 0 Å². The maximum Gasteiger partial charge on any atom is 0.0964 e. The Morgan fingerprint density at radius 1 is 1.47 bits per heavy atom. The average molecular weight is 242 g/mol. The lowest BCUT2D eigenvalue weighted by atomic mass is 10.1. The highest BCUT2D eigenvalue weighted by molar-refractivity contribution is 4.91. The molecule has 1 aromatic rings. The SMILES string of the molecule is CC(CO)CCCNCc1cn(CCO)nn1. The topological polar surface area (TPSA) is 83.2 Å². The molecule has 0 radical (unpaired) electrons. The Bertz CT molecular complexity index is 303. The molecule has 0 amide bonds. The van der Waals surface area contributed by atoms with Crippen molar-refractivity contribution < 1.29 is 10.2 Å². The molecule has 17 heavy (non-hydrogen) atoms. The summed E-state index contributed by atoms with van der Waals surface area (Å²) in [5, 5.41) is 28.7. The molecule has 1 atom stereocenters. The predicted molar refractivity (Wildman–Crippen MR) is 64.3 cm³/mol. The number of nitrogens with one attached hydrogen (secondary N) is 1. The van der Waals surface area contributed by atoms with Crippen LogP contribution in [0.1, 0.15) is 25.5 Å². The first-order chi connectivity index (χ1) is 8.26. The summed E-state index contributed by atoms with van der Waals surface area (Å²) in [6.45, 7) is 4.47. The number of rotatable bonds is 9. The van der Waals surface area contributed by atoms with Crippen molar-refractivity contribution in [1.29, 1.82) is 0 Å². The molecule has 1 heterocycles. The van der Waals surface area contributed by atoms with E-state index in [-0.39, 0.29) is 13.2 Å². The third-order valence-corrected chi connectivity index (χ3v) is 2.58. The van der Waals surface area contributed by atoms with Gasteiger partial charge in [0.2, 0.25) is 0 Å². The Morgan fingerprint density at radius 3 is 3.00 bits per heavy atom. The smallest absolute Gasteiger partial charge is 0.0964 e. The molecule has 0 saturated carbocycles. The maximum atomic E-state index is 8.86. The minimum absolute atomic E-state index is 0.0786. The summed E-state index contributed by atoms with van der Waals surface area (Å²) in [5.41, 5.74) is 0.883. The van der Waals surface area contributed by atoms with E-state index in [9.17, 15) is 0 Å². The fourth-order valence-electron chi connectivity index (χ4n) is 1.51. The van der Waals surface area contributed by atoms with Crippen LogP contribution in [0.2, 0.25) is 0 Å². The number of aliphatic hydroxyl groups is 2. The van der Waals surface area contributed by atoms with E-state index in [1.165, 1.54) is 0 Å². The van der Waals surface area contributed by atoms with Gasteiger partial charge in [-0.3, -0.25) is 0 Å². The average Bonchev–Trinajstić information content (AvgIpc) is 2.76. The third kappa shape index (κ3) is 5.76. The normalized spacial score (nSPS) is 12.9. The van der Waals surface area contributed by atoms with Crippen molar-refractivity contribution in [2.75, 3.05) is 19.8 Å². The Kier molecular flexibility index (Phi) is 6.76. The molecule has 1 rings (SSSR count). The number of aliphatic hydroxyl groups excluding tert-OH is 2. The summed E-state index contributed by atoms with van der Waals surface area (Å²) < 4.78 is 1.63. The molecule has 1 unspecified atom stereocenters. The highest BCUT2D eigenvalue weighted by Crippen LogP contribution is 2.02. The van der Waals surface area contributed by atoms with E-state index in [2.05, 4.69) is 15.6 Å². The van der Waals surface area contributed by atoms with Crippen molar-refractivity contribution in [2.45, 2.75) is 32.9 Å². The molecule has 0 saturated heterocycles. The zero-order valence-electron chi connectivity index (χ0n) is 10.3. The van der Waals surface area contributed by atoms with Gasteiger partial charge in [0.15, 0.2) is 0 Å². The van der Waals surface area contributed by atoms with Gasteiger partial charge in [-0.05, 0) is 25.3 Å². The van der Waals surface area contributed by atoms with Gasteiger partial charge in [0.1, 0.15) is 0 Å². The van der Waals surface area contributed by atoms with Crippen molar-refractivity contribution in [3.8, 4) is 0 Å². The van der Waals surface area contributed by atoms with Gasteiger partial charge < -0.3 is 15.5 Å². The largest absolute Gasteiger partial charge is 0.396 e. The summed E-state index contributed by atoms with van der Waals surface area (Å²) >= 11 is 0. The molecule has 0 aliphatic heterocycles. The highest BCUT2D eigenvalue weighted by atomic mass is 16.3. The second-order valence-corrected chi connectivity index (χ2v) is 4.30. The van der Waals surface area contributed by atoms with Crippen LogP contribution in [0.5, 0.6) is 0 Å². The fourth-order valence-corrected chi connectivity index (χ4v) is 1.51. The number of hydrogen-bond donors (Lipinski definition) is 3. The Balaban J connectivity index is 2.09. The van der Waals surface area contributed by atoms with E-state index in [1.54, 1.807) is 4.68 Å². The fraction of sp³-hybridized carbons (Fsp3) is 0.818. The van der Waals surface area contributed by atoms with Crippen molar-refractivity contribution in [3.05, 3.63) is 11.9 Å². The quantitative estimate of drug-likeness (QED) is 0.521. The highest BCUT2D eigenvalue weighted by Gasteiger charge is 2.01. The van der Waals surface area contributed by atoms with Crippen LogP contribution in [0, 0.1) is 5.92 Å². The van der Waals surface area contributed by atoms with Gasteiger partial charge in [-0.15, -0.1) is 5.10 Å². The summed E-state index contributed by atoms with van der Waals surface area (Å²) in [5.74, 6) is 0.377. The molecule has 6 nitrogen and oxygen atoms in total. The minimum Gasteiger partial charge on any atom is -0.396 e. The van der Waals surface area contributed by atoms with Crippen molar-refractivity contribution in [1.82, 2.24) is 20.3 Å². The minimum atomic E-state index is 0.0786. The van der Waals surface area contributed by atoms with Gasteiger partial charge >= 0.3 is 0 Å². The van der Waals surface area contributed by atoms with E-state index in [0.29, 0.717) is 19.0 Å². The van der Waals surface area contributed by atoms with Gasteiger partial charge in [-0.2, -0.15) is 0 Å². The zero-order chi connectivity index (χ0) is 12.5. The summed E-state index contributed by atoms with van der Waals surface area (Å²) in [6, 6.07) is 0. The van der Waals surface area contributed by atoms with Crippen LogP contribution in [-0.2, 0) is 13.1 Å². The van der Waals surface area contributed by atoms with Crippen molar-refractivity contribution in [3.63, 3.8) is 0 Å². The van der Waals surface area contributed by atoms with E-state index < -0.39 is 0 Å². The monoisotopic (exact) mass is 242 g/mol. The van der Waals surface area contributed by atoms with Crippen molar-refractivity contribution in [2.24, 2.45) is 5.92 Å². The van der Waals surface area contributed by atoms with Crippen LogP contribution >= 0.6 is 0 Å². The summed E-state index contributed by atoms with van der Waals surface area (Å²) in [4.78, 5) is 0. The van der Waals surface area contributed by atoms with Crippen LogP contribution in [0.25, 0.3) is 0 Å². The molecule has 6 heteroatoms. The standard InChI is InChI=1S/C11H22N4O2/c1-10(9-17)3-2-4-12-7-11-8-15(5-6-16)14-13-11/h8,10,12,16-17H,2-7,9H2,1H3. The summed E-state index contributed by atoms with van der Waals surface area (Å²) in [7, 11) is 0. The summed E-state index contributed by atoms with van der Waals surface area (Å²) in [6.07, 6.45) is 3.91. The number of aromatic nitrogens is 3.